The van der Waals surface area contributed by atoms with Crippen molar-refractivity contribution < 1.29 is 4.52 Å². The Labute approximate surface area is 106 Å². The molecule has 3 rings (SSSR count). The molecule has 0 fully saturated rings. The molecule has 2 aromatic rings. The highest BCUT2D eigenvalue weighted by atomic mass is 16.5. The summed E-state index contributed by atoms with van der Waals surface area (Å²) >= 11 is 0. The number of fused-ring (bicyclic) bond motifs is 1. The number of nitrogens with zero attached hydrogens (tertiary/aromatic N) is 3. The van der Waals surface area contributed by atoms with Crippen molar-refractivity contribution in [2.75, 3.05) is 18.5 Å². The minimum atomic E-state index is 0.276. The first-order chi connectivity index (χ1) is 8.79. The van der Waals surface area contributed by atoms with Crippen LogP contribution in [0.4, 0.5) is 5.69 Å². The maximum absolute atomic E-state index is 5.50. The van der Waals surface area contributed by atoms with Gasteiger partial charge < -0.3 is 15.2 Å². The Kier molecular flexibility index (Phi) is 2.76. The smallest absolute Gasteiger partial charge is 0.240 e. The van der Waals surface area contributed by atoms with Gasteiger partial charge in [-0.3, -0.25) is 0 Å². The molecular weight excluding hydrogens is 228 g/mol. The molecule has 0 atom stereocenters. The Morgan fingerprint density at radius 3 is 3.11 bits per heavy atom. The number of aryl methyl sites for hydroxylation is 1. The van der Waals surface area contributed by atoms with E-state index in [1.807, 2.05) is 12.1 Å². The van der Waals surface area contributed by atoms with Gasteiger partial charge in [0.15, 0.2) is 0 Å². The fraction of sp³-hybridized carbons (Fsp3) is 0.385. The zero-order valence-electron chi connectivity index (χ0n) is 10.4. The average molecular weight is 244 g/mol. The van der Waals surface area contributed by atoms with Crippen LogP contribution >= 0.6 is 0 Å². The number of para-hydroxylation sites is 1. The fourth-order valence-electron chi connectivity index (χ4n) is 2.49. The Bertz CT molecular complexity index is 564. The van der Waals surface area contributed by atoms with Crippen molar-refractivity contribution >= 4 is 5.69 Å². The molecule has 0 bridgehead atoms. The van der Waals surface area contributed by atoms with Gasteiger partial charge in [-0.2, -0.15) is 4.98 Å². The van der Waals surface area contributed by atoms with Gasteiger partial charge in [-0.25, -0.2) is 0 Å². The summed E-state index contributed by atoms with van der Waals surface area (Å²) in [6.07, 6.45) is 2.29. The molecule has 2 N–H and O–H groups in total. The van der Waals surface area contributed by atoms with E-state index in [0.717, 1.165) is 18.5 Å². The first-order valence-electron chi connectivity index (χ1n) is 6.15. The number of benzene rings is 1. The zero-order valence-corrected chi connectivity index (χ0v) is 10.4. The van der Waals surface area contributed by atoms with Crippen LogP contribution in [-0.4, -0.2) is 23.7 Å². The Morgan fingerprint density at radius 1 is 1.44 bits per heavy atom. The SMILES string of the molecule is CN1CCCc2cccc(-c3noc(CN)n3)c21. The van der Waals surface area contributed by atoms with Crippen LogP contribution in [-0.2, 0) is 13.0 Å². The van der Waals surface area contributed by atoms with E-state index in [-0.39, 0.29) is 6.54 Å². The monoisotopic (exact) mass is 244 g/mol. The Morgan fingerprint density at radius 2 is 2.33 bits per heavy atom. The van der Waals surface area contributed by atoms with Crippen molar-refractivity contribution in [2.45, 2.75) is 19.4 Å². The molecule has 1 aliphatic rings. The molecule has 0 saturated heterocycles. The third kappa shape index (κ3) is 1.76. The summed E-state index contributed by atoms with van der Waals surface area (Å²) in [5, 5.41) is 4.01. The van der Waals surface area contributed by atoms with E-state index in [4.69, 9.17) is 10.3 Å². The van der Waals surface area contributed by atoms with E-state index in [1.165, 1.54) is 17.7 Å². The van der Waals surface area contributed by atoms with Gasteiger partial charge in [0.05, 0.1) is 12.2 Å². The second-order valence-corrected chi connectivity index (χ2v) is 4.55. The second kappa shape index (κ2) is 4.42. The third-order valence-corrected chi connectivity index (χ3v) is 3.32. The molecule has 5 heteroatoms. The van der Waals surface area contributed by atoms with Crippen LogP contribution in [0.15, 0.2) is 22.7 Å². The van der Waals surface area contributed by atoms with Crippen LogP contribution in [0.25, 0.3) is 11.4 Å². The topological polar surface area (TPSA) is 68.2 Å². The minimum absolute atomic E-state index is 0.276. The molecule has 0 aliphatic carbocycles. The number of anilines is 1. The standard InChI is InChI=1S/C13H16N4O/c1-17-7-3-5-9-4-2-6-10(12(9)17)13-15-11(8-14)18-16-13/h2,4,6H,3,5,7-8,14H2,1H3. The number of nitrogens with two attached hydrogens (primary N) is 1. The van der Waals surface area contributed by atoms with E-state index in [2.05, 4.69) is 28.2 Å². The lowest BCUT2D eigenvalue weighted by molar-refractivity contribution is 0.380. The minimum Gasteiger partial charge on any atom is -0.374 e. The van der Waals surface area contributed by atoms with Gasteiger partial charge in [-0.1, -0.05) is 17.3 Å². The van der Waals surface area contributed by atoms with Gasteiger partial charge in [0, 0.05) is 19.2 Å². The lowest BCUT2D eigenvalue weighted by atomic mass is 9.98. The molecule has 5 nitrogen and oxygen atoms in total. The fourth-order valence-corrected chi connectivity index (χ4v) is 2.49. The van der Waals surface area contributed by atoms with E-state index in [9.17, 15) is 0 Å². The summed E-state index contributed by atoms with van der Waals surface area (Å²) in [7, 11) is 2.10. The van der Waals surface area contributed by atoms with Crippen LogP contribution in [0.5, 0.6) is 0 Å². The predicted octanol–water partition coefficient (Wildman–Crippen LogP) is 1.58. The van der Waals surface area contributed by atoms with Gasteiger partial charge in [-0.05, 0) is 24.5 Å². The summed E-state index contributed by atoms with van der Waals surface area (Å²) in [6.45, 7) is 1.34. The summed E-state index contributed by atoms with van der Waals surface area (Å²) < 4.78 is 5.09. The highest BCUT2D eigenvalue weighted by Crippen LogP contribution is 2.35. The Hall–Kier alpha value is -1.88. The highest BCUT2D eigenvalue weighted by molar-refractivity contribution is 5.77. The van der Waals surface area contributed by atoms with E-state index < -0.39 is 0 Å². The summed E-state index contributed by atoms with van der Waals surface area (Å²) in [6, 6.07) is 6.25. The van der Waals surface area contributed by atoms with Gasteiger partial charge in [-0.15, -0.1) is 0 Å². The molecule has 0 saturated carbocycles. The average Bonchev–Trinajstić information content (AvgIpc) is 2.87. The van der Waals surface area contributed by atoms with E-state index >= 15 is 0 Å². The number of aromatic nitrogens is 2. The lowest BCUT2D eigenvalue weighted by Crippen LogP contribution is -2.25. The van der Waals surface area contributed by atoms with E-state index in [0.29, 0.717) is 11.7 Å². The van der Waals surface area contributed by atoms with Crippen molar-refractivity contribution in [2.24, 2.45) is 5.73 Å². The Balaban J connectivity index is 2.11. The molecule has 0 radical (unpaired) electrons. The lowest BCUT2D eigenvalue weighted by Gasteiger charge is -2.29. The second-order valence-electron chi connectivity index (χ2n) is 4.55. The molecule has 2 heterocycles. The maximum atomic E-state index is 5.50. The molecule has 0 spiro atoms. The van der Waals surface area contributed by atoms with Crippen molar-refractivity contribution in [3.63, 3.8) is 0 Å². The third-order valence-electron chi connectivity index (χ3n) is 3.32. The first-order valence-corrected chi connectivity index (χ1v) is 6.15. The van der Waals surface area contributed by atoms with Crippen LogP contribution in [0.2, 0.25) is 0 Å². The van der Waals surface area contributed by atoms with Gasteiger partial charge in [0.25, 0.3) is 0 Å². The quantitative estimate of drug-likeness (QED) is 0.868. The summed E-state index contributed by atoms with van der Waals surface area (Å²) in [5.41, 5.74) is 9.09. The predicted molar refractivity (Wildman–Crippen MR) is 69.2 cm³/mol. The molecule has 1 aromatic carbocycles. The molecule has 18 heavy (non-hydrogen) atoms. The van der Waals surface area contributed by atoms with Gasteiger partial charge in [0.2, 0.25) is 11.7 Å². The van der Waals surface area contributed by atoms with Crippen molar-refractivity contribution in [3.05, 3.63) is 29.7 Å². The zero-order chi connectivity index (χ0) is 12.5. The molecule has 1 aliphatic heterocycles. The highest BCUT2D eigenvalue weighted by Gasteiger charge is 2.20. The largest absolute Gasteiger partial charge is 0.374 e. The van der Waals surface area contributed by atoms with Gasteiger partial charge in [0.1, 0.15) is 0 Å². The number of hydrogen-bond donors (Lipinski definition) is 1. The molecule has 0 amide bonds. The molecule has 1 aromatic heterocycles. The van der Waals surface area contributed by atoms with Crippen LogP contribution in [0, 0.1) is 0 Å². The normalized spacial score (nSPS) is 14.7. The molecule has 0 unspecified atom stereocenters. The maximum Gasteiger partial charge on any atom is 0.240 e. The first kappa shape index (κ1) is 11.2. The van der Waals surface area contributed by atoms with Crippen molar-refractivity contribution in [1.82, 2.24) is 10.1 Å². The van der Waals surface area contributed by atoms with Crippen LogP contribution in [0.1, 0.15) is 17.9 Å². The number of hydrogen-bond acceptors (Lipinski definition) is 5. The molecular formula is C13H16N4O. The summed E-state index contributed by atoms with van der Waals surface area (Å²) in [5.74, 6) is 1.10. The van der Waals surface area contributed by atoms with Crippen LogP contribution in [0.3, 0.4) is 0 Å². The summed E-state index contributed by atoms with van der Waals surface area (Å²) in [4.78, 5) is 6.57. The molecule has 94 valence electrons. The van der Waals surface area contributed by atoms with E-state index in [1.54, 1.807) is 0 Å². The van der Waals surface area contributed by atoms with Gasteiger partial charge >= 0.3 is 0 Å². The number of rotatable bonds is 2. The van der Waals surface area contributed by atoms with Crippen LogP contribution < -0.4 is 10.6 Å². The van der Waals surface area contributed by atoms with Crippen molar-refractivity contribution in [1.29, 1.82) is 0 Å². The van der Waals surface area contributed by atoms with Crippen molar-refractivity contribution in [3.8, 4) is 11.4 Å².